The maximum atomic E-state index is 10.9. The van der Waals surface area contributed by atoms with Gasteiger partial charge >= 0.3 is 5.30 Å². The van der Waals surface area contributed by atoms with E-state index in [9.17, 15) is 4.79 Å². The summed E-state index contributed by atoms with van der Waals surface area (Å²) in [5, 5.41) is 1.46. The van der Waals surface area contributed by atoms with Crippen molar-refractivity contribution in [1.82, 2.24) is 5.06 Å². The smallest absolute Gasteiger partial charge is 0.364 e. The lowest BCUT2D eigenvalue weighted by atomic mass is 9.80. The summed E-state index contributed by atoms with van der Waals surface area (Å²) in [7, 11) is 1.68. The maximum Gasteiger partial charge on any atom is 0.364 e. The largest absolute Gasteiger partial charge is 0.454 e. The standard InChI is InChI=1S/C11H21NO3S/c1-10(2)6-8(15-9(13)16)7-11(3,4)12(10)14-5/h8H,6-7H2,1-5H3,(H,13,16). The van der Waals surface area contributed by atoms with Crippen molar-refractivity contribution in [2.24, 2.45) is 0 Å². The first-order valence-corrected chi connectivity index (χ1v) is 5.88. The second-order valence-electron chi connectivity index (χ2n) is 5.52. The first-order valence-electron chi connectivity index (χ1n) is 5.43. The fourth-order valence-corrected chi connectivity index (χ4v) is 3.04. The van der Waals surface area contributed by atoms with Crippen LogP contribution in [0.3, 0.4) is 0 Å². The van der Waals surface area contributed by atoms with Crippen molar-refractivity contribution in [1.29, 1.82) is 0 Å². The zero-order valence-electron chi connectivity index (χ0n) is 10.6. The molecule has 0 N–H and O–H groups in total. The van der Waals surface area contributed by atoms with E-state index in [0.29, 0.717) is 0 Å². The van der Waals surface area contributed by atoms with Gasteiger partial charge < -0.3 is 9.57 Å². The fraction of sp³-hybridized carbons (Fsp3) is 0.909. The Hall–Kier alpha value is -0.260. The molecule has 1 fully saturated rings. The van der Waals surface area contributed by atoms with Crippen LogP contribution in [-0.2, 0) is 9.57 Å². The lowest BCUT2D eigenvalue weighted by molar-refractivity contribution is -0.275. The highest BCUT2D eigenvalue weighted by molar-refractivity contribution is 7.96. The average Bonchev–Trinajstić information content (AvgIpc) is 1.97. The SMILES string of the molecule is CON1C(C)(C)CC(OC(=O)S)CC1(C)C. The van der Waals surface area contributed by atoms with Gasteiger partial charge in [0, 0.05) is 23.9 Å². The molecule has 0 radical (unpaired) electrons. The summed E-state index contributed by atoms with van der Waals surface area (Å²) in [4.78, 5) is 16.3. The van der Waals surface area contributed by atoms with Gasteiger partial charge in [-0.1, -0.05) is 12.6 Å². The predicted octanol–water partition coefficient (Wildman–Crippen LogP) is 2.64. The van der Waals surface area contributed by atoms with Gasteiger partial charge in [-0.2, -0.15) is 5.06 Å². The molecule has 94 valence electrons. The minimum atomic E-state index is -0.512. The Morgan fingerprint density at radius 2 is 1.69 bits per heavy atom. The Balaban J connectivity index is 2.84. The van der Waals surface area contributed by atoms with Crippen LogP contribution < -0.4 is 0 Å². The van der Waals surface area contributed by atoms with E-state index >= 15 is 0 Å². The molecule has 0 bridgehead atoms. The first-order chi connectivity index (χ1) is 7.19. The predicted molar refractivity (Wildman–Crippen MR) is 65.5 cm³/mol. The van der Waals surface area contributed by atoms with Gasteiger partial charge in [-0.25, -0.2) is 4.79 Å². The van der Waals surface area contributed by atoms with Crippen LogP contribution in [-0.4, -0.2) is 34.7 Å². The van der Waals surface area contributed by atoms with E-state index in [1.807, 2.05) is 5.06 Å². The number of hydrogen-bond donors (Lipinski definition) is 1. The monoisotopic (exact) mass is 247 g/mol. The van der Waals surface area contributed by atoms with Crippen LogP contribution in [0.4, 0.5) is 4.79 Å². The number of piperidine rings is 1. The van der Waals surface area contributed by atoms with E-state index in [2.05, 4.69) is 40.3 Å². The third kappa shape index (κ3) is 2.90. The van der Waals surface area contributed by atoms with Gasteiger partial charge in [-0.05, 0) is 27.7 Å². The summed E-state index contributed by atoms with van der Waals surface area (Å²) in [6.07, 6.45) is 1.40. The van der Waals surface area contributed by atoms with Crippen LogP contribution in [0.2, 0.25) is 0 Å². The van der Waals surface area contributed by atoms with Gasteiger partial charge in [-0.3, -0.25) is 0 Å². The van der Waals surface area contributed by atoms with Crippen LogP contribution in [0.5, 0.6) is 0 Å². The van der Waals surface area contributed by atoms with Crippen LogP contribution in [0.25, 0.3) is 0 Å². The molecular formula is C11H21NO3S. The van der Waals surface area contributed by atoms with Crippen molar-refractivity contribution >= 4 is 17.9 Å². The van der Waals surface area contributed by atoms with E-state index in [0.717, 1.165) is 12.8 Å². The molecule has 0 aromatic rings. The third-order valence-electron chi connectivity index (χ3n) is 3.00. The number of thiol groups is 1. The lowest BCUT2D eigenvalue weighted by Crippen LogP contribution is -2.61. The summed E-state index contributed by atoms with van der Waals surface area (Å²) < 4.78 is 5.20. The van der Waals surface area contributed by atoms with Gasteiger partial charge in [0.05, 0.1) is 7.11 Å². The van der Waals surface area contributed by atoms with Crippen LogP contribution in [0.1, 0.15) is 40.5 Å². The summed E-state index contributed by atoms with van der Waals surface area (Å²) in [5.74, 6) is 0. The molecule has 1 heterocycles. The summed E-state index contributed by atoms with van der Waals surface area (Å²) in [6, 6.07) is 0. The molecule has 0 amide bonds. The van der Waals surface area contributed by atoms with E-state index < -0.39 is 5.30 Å². The quantitative estimate of drug-likeness (QED) is 0.601. The zero-order chi connectivity index (χ0) is 12.6. The van der Waals surface area contributed by atoms with Gasteiger partial charge in [0.25, 0.3) is 0 Å². The number of carbonyl (C=O) groups excluding carboxylic acids is 1. The minimum Gasteiger partial charge on any atom is -0.454 e. The third-order valence-corrected chi connectivity index (χ3v) is 3.11. The van der Waals surface area contributed by atoms with Crippen molar-refractivity contribution in [3.05, 3.63) is 0 Å². The molecule has 16 heavy (non-hydrogen) atoms. The van der Waals surface area contributed by atoms with Gasteiger partial charge in [-0.15, -0.1) is 0 Å². The van der Waals surface area contributed by atoms with Crippen LogP contribution in [0, 0.1) is 0 Å². The Morgan fingerprint density at radius 3 is 2.00 bits per heavy atom. The van der Waals surface area contributed by atoms with Gasteiger partial charge in [0.1, 0.15) is 6.10 Å². The minimum absolute atomic E-state index is 0.0959. The van der Waals surface area contributed by atoms with Crippen molar-refractivity contribution in [2.45, 2.75) is 57.7 Å². The molecule has 1 rings (SSSR count). The molecule has 0 aliphatic carbocycles. The highest BCUT2D eigenvalue weighted by Gasteiger charge is 2.47. The average molecular weight is 247 g/mol. The van der Waals surface area contributed by atoms with Crippen LogP contribution in [0.15, 0.2) is 0 Å². The molecule has 0 spiro atoms. The lowest BCUT2D eigenvalue weighted by Gasteiger charge is -2.52. The molecular weight excluding hydrogens is 226 g/mol. The number of rotatable bonds is 2. The van der Waals surface area contributed by atoms with Crippen molar-refractivity contribution in [3.8, 4) is 0 Å². The molecule has 5 heteroatoms. The van der Waals surface area contributed by atoms with Crippen LogP contribution >= 0.6 is 12.6 Å². The van der Waals surface area contributed by atoms with E-state index in [1.54, 1.807) is 7.11 Å². The highest BCUT2D eigenvalue weighted by Crippen LogP contribution is 2.39. The number of hydroxylamine groups is 2. The summed E-state index contributed by atoms with van der Waals surface area (Å²) in [5.41, 5.74) is -0.325. The first kappa shape index (κ1) is 13.8. The van der Waals surface area contributed by atoms with Gasteiger partial charge in [0.15, 0.2) is 0 Å². The zero-order valence-corrected chi connectivity index (χ0v) is 11.5. The Kier molecular flexibility index (Phi) is 3.92. The van der Waals surface area contributed by atoms with E-state index in [-0.39, 0.29) is 17.2 Å². The fourth-order valence-electron chi connectivity index (χ4n) is 2.89. The second-order valence-corrected chi connectivity index (χ2v) is 5.88. The molecule has 0 atom stereocenters. The summed E-state index contributed by atoms with van der Waals surface area (Å²) in [6.45, 7) is 8.32. The van der Waals surface area contributed by atoms with Gasteiger partial charge in [0.2, 0.25) is 0 Å². The number of hydrogen-bond acceptors (Lipinski definition) is 4. The maximum absolute atomic E-state index is 10.9. The molecule has 1 saturated heterocycles. The molecule has 1 aliphatic rings. The van der Waals surface area contributed by atoms with Crippen molar-refractivity contribution in [3.63, 3.8) is 0 Å². The molecule has 0 aromatic carbocycles. The highest BCUT2D eigenvalue weighted by atomic mass is 32.1. The Bertz CT molecular complexity index is 260. The Morgan fingerprint density at radius 1 is 1.25 bits per heavy atom. The van der Waals surface area contributed by atoms with E-state index in [4.69, 9.17) is 9.57 Å². The number of ether oxygens (including phenoxy) is 1. The van der Waals surface area contributed by atoms with Crippen molar-refractivity contribution in [2.75, 3.05) is 7.11 Å². The second kappa shape index (κ2) is 4.55. The number of carbonyl (C=O) groups is 1. The Labute approximate surface area is 103 Å². The van der Waals surface area contributed by atoms with Crippen molar-refractivity contribution < 1.29 is 14.4 Å². The molecule has 0 aromatic heterocycles. The molecule has 0 saturated carbocycles. The number of nitrogens with zero attached hydrogens (tertiary/aromatic N) is 1. The summed E-state index contributed by atoms with van der Waals surface area (Å²) >= 11 is 3.66. The molecule has 0 unspecified atom stereocenters. The van der Waals surface area contributed by atoms with E-state index in [1.165, 1.54) is 0 Å². The normalized spacial score (nSPS) is 25.4. The molecule has 1 aliphatic heterocycles. The topological polar surface area (TPSA) is 38.8 Å². The molecule has 4 nitrogen and oxygen atoms in total.